The van der Waals surface area contributed by atoms with Gasteiger partial charge < -0.3 is 10.1 Å². The van der Waals surface area contributed by atoms with Crippen LogP contribution < -0.4 is 5.32 Å². The maximum absolute atomic E-state index is 12.6. The Morgan fingerprint density at radius 2 is 1.86 bits per heavy atom. The Bertz CT molecular complexity index is 863. The van der Waals surface area contributed by atoms with Gasteiger partial charge in [0, 0.05) is 9.92 Å². The zero-order valence-electron chi connectivity index (χ0n) is 15.6. The molecule has 0 radical (unpaired) electrons. The summed E-state index contributed by atoms with van der Waals surface area (Å²) in [7, 11) is 0. The highest BCUT2D eigenvalue weighted by Crippen LogP contribution is 2.28. The van der Waals surface area contributed by atoms with E-state index in [-0.39, 0.29) is 18.3 Å². The molecule has 7 heteroatoms. The molecule has 0 unspecified atom stereocenters. The van der Waals surface area contributed by atoms with E-state index in [9.17, 15) is 9.59 Å². The van der Waals surface area contributed by atoms with Crippen LogP contribution in [0.4, 0.5) is 5.69 Å². The predicted octanol–water partition coefficient (Wildman–Crippen LogP) is 4.88. The zero-order chi connectivity index (χ0) is 20.5. The number of nitrogens with zero attached hydrogens (tertiary/aromatic N) is 1. The highest BCUT2D eigenvalue weighted by atomic mass is 35.5. The first kappa shape index (κ1) is 21.8. The molecule has 146 valence electrons. The van der Waals surface area contributed by atoms with Crippen molar-refractivity contribution in [3.63, 3.8) is 0 Å². The van der Waals surface area contributed by atoms with Crippen LogP contribution in [0.2, 0.25) is 5.02 Å². The van der Waals surface area contributed by atoms with Crippen LogP contribution in [0.25, 0.3) is 0 Å². The first-order valence-corrected chi connectivity index (χ1v) is 10.1. The zero-order valence-corrected chi connectivity index (χ0v) is 17.2. The quantitative estimate of drug-likeness (QED) is 0.490. The summed E-state index contributed by atoms with van der Waals surface area (Å²) >= 11 is 7.24. The van der Waals surface area contributed by atoms with E-state index in [0.29, 0.717) is 10.7 Å². The molecule has 1 atom stereocenters. The van der Waals surface area contributed by atoms with Gasteiger partial charge in [-0.25, -0.2) is 0 Å². The van der Waals surface area contributed by atoms with Crippen molar-refractivity contribution in [1.29, 1.82) is 5.26 Å². The Hall–Kier alpha value is -2.49. The van der Waals surface area contributed by atoms with Gasteiger partial charge in [-0.15, -0.1) is 11.8 Å². The van der Waals surface area contributed by atoms with Gasteiger partial charge in [-0.2, -0.15) is 5.26 Å². The summed E-state index contributed by atoms with van der Waals surface area (Å²) in [5.74, 6) is -1.10. The molecular formula is C21H21ClN2O3S. The lowest BCUT2D eigenvalue weighted by atomic mass is 9.88. The molecule has 2 aromatic carbocycles. The van der Waals surface area contributed by atoms with Crippen molar-refractivity contribution in [1.82, 2.24) is 0 Å². The van der Waals surface area contributed by atoms with Crippen LogP contribution in [-0.4, -0.2) is 24.2 Å². The predicted molar refractivity (Wildman–Crippen MR) is 111 cm³/mol. The molecule has 0 aromatic heterocycles. The molecule has 0 aliphatic heterocycles. The Labute approximate surface area is 174 Å². The number of rotatable bonds is 8. The highest BCUT2D eigenvalue weighted by Gasteiger charge is 2.26. The van der Waals surface area contributed by atoms with Gasteiger partial charge in [-0.1, -0.05) is 49.7 Å². The monoisotopic (exact) mass is 416 g/mol. The smallest absolute Gasteiger partial charge is 0.314 e. The maximum atomic E-state index is 12.6. The van der Waals surface area contributed by atoms with E-state index in [2.05, 4.69) is 11.4 Å². The molecule has 2 rings (SSSR count). The second-order valence-corrected chi connectivity index (χ2v) is 7.83. The minimum atomic E-state index is -0.483. The van der Waals surface area contributed by atoms with Gasteiger partial charge in [-0.3, -0.25) is 9.59 Å². The number of benzene rings is 2. The molecule has 0 spiro atoms. The average Bonchev–Trinajstić information content (AvgIpc) is 2.67. The van der Waals surface area contributed by atoms with E-state index in [1.165, 1.54) is 11.8 Å². The van der Waals surface area contributed by atoms with Crippen molar-refractivity contribution in [3.05, 3.63) is 59.1 Å². The second kappa shape index (κ2) is 10.7. The first-order valence-electron chi connectivity index (χ1n) is 8.73. The number of anilines is 1. The lowest BCUT2D eigenvalue weighted by molar-refractivity contribution is -0.149. The average molecular weight is 417 g/mol. The normalized spacial score (nSPS) is 11.5. The number of amides is 1. The maximum Gasteiger partial charge on any atom is 0.314 e. The van der Waals surface area contributed by atoms with Gasteiger partial charge in [0.1, 0.15) is 0 Å². The van der Waals surface area contributed by atoms with Crippen molar-refractivity contribution >= 4 is 40.9 Å². The number of carbonyl (C=O) groups excluding carboxylic acids is 2. The minimum absolute atomic E-state index is 0.000144. The van der Waals surface area contributed by atoms with Crippen LogP contribution in [0.5, 0.6) is 0 Å². The first-order chi connectivity index (χ1) is 13.4. The number of para-hydroxylation sites is 1. The van der Waals surface area contributed by atoms with E-state index in [4.69, 9.17) is 21.6 Å². The third kappa shape index (κ3) is 6.29. The van der Waals surface area contributed by atoms with E-state index in [0.717, 1.165) is 10.5 Å². The summed E-state index contributed by atoms with van der Waals surface area (Å²) in [5, 5.41) is 12.0. The molecular weight excluding hydrogens is 396 g/mol. The number of carbonyl (C=O) groups is 2. The molecule has 1 N–H and O–H groups in total. The number of halogens is 1. The third-order valence-corrected chi connectivity index (χ3v) is 5.14. The minimum Gasteiger partial charge on any atom is -0.455 e. The molecule has 28 heavy (non-hydrogen) atoms. The fourth-order valence-electron chi connectivity index (χ4n) is 2.68. The van der Waals surface area contributed by atoms with E-state index >= 15 is 0 Å². The van der Waals surface area contributed by atoms with Gasteiger partial charge in [0.05, 0.1) is 23.4 Å². The van der Waals surface area contributed by atoms with Crippen LogP contribution in [0, 0.1) is 17.2 Å². The summed E-state index contributed by atoms with van der Waals surface area (Å²) in [6, 6.07) is 16.2. The standard InChI is InChI=1S/C21H21ClN2O3S/c1-14(2)20(15-7-9-16(22)10-8-15)21(26)27-13-19(25)24-17-5-3-4-6-18(17)28-12-11-23/h3-10,14,20H,12-13H2,1-2H3,(H,24,25)/t20-/m0/s1. The lowest BCUT2D eigenvalue weighted by Crippen LogP contribution is -2.26. The van der Waals surface area contributed by atoms with E-state index in [1.54, 1.807) is 36.4 Å². The summed E-state index contributed by atoms with van der Waals surface area (Å²) in [6.07, 6.45) is 0. The largest absolute Gasteiger partial charge is 0.455 e. The van der Waals surface area contributed by atoms with Crippen molar-refractivity contribution in [2.24, 2.45) is 5.92 Å². The lowest BCUT2D eigenvalue weighted by Gasteiger charge is -2.20. The number of esters is 1. The van der Waals surface area contributed by atoms with Crippen LogP contribution in [-0.2, 0) is 14.3 Å². The Morgan fingerprint density at radius 1 is 1.18 bits per heavy atom. The number of hydrogen-bond donors (Lipinski definition) is 1. The van der Waals surface area contributed by atoms with Gasteiger partial charge in [0.25, 0.3) is 5.91 Å². The van der Waals surface area contributed by atoms with Crippen LogP contribution in [0.3, 0.4) is 0 Å². The number of thioether (sulfide) groups is 1. The van der Waals surface area contributed by atoms with Crippen LogP contribution >= 0.6 is 23.4 Å². The molecule has 0 aliphatic carbocycles. The second-order valence-electron chi connectivity index (χ2n) is 6.37. The van der Waals surface area contributed by atoms with Gasteiger partial charge >= 0.3 is 5.97 Å². The number of ether oxygens (including phenoxy) is 1. The Kier molecular flexibility index (Phi) is 8.37. The molecule has 0 bridgehead atoms. The van der Waals surface area contributed by atoms with Crippen molar-refractivity contribution in [3.8, 4) is 6.07 Å². The van der Waals surface area contributed by atoms with Crippen molar-refractivity contribution in [2.75, 3.05) is 17.7 Å². The SMILES string of the molecule is CC(C)[C@H](C(=O)OCC(=O)Nc1ccccc1SCC#N)c1ccc(Cl)cc1. The number of nitrogens with one attached hydrogen (secondary N) is 1. The molecule has 0 saturated heterocycles. The Morgan fingerprint density at radius 3 is 2.50 bits per heavy atom. The van der Waals surface area contributed by atoms with Crippen LogP contribution in [0.15, 0.2) is 53.4 Å². The summed E-state index contributed by atoms with van der Waals surface area (Å²) < 4.78 is 5.26. The Balaban J connectivity index is 1.98. The molecule has 0 heterocycles. The fourth-order valence-corrected chi connectivity index (χ4v) is 3.48. The van der Waals surface area contributed by atoms with Crippen molar-refractivity contribution in [2.45, 2.75) is 24.7 Å². The van der Waals surface area contributed by atoms with Gasteiger partial charge in [0.15, 0.2) is 6.61 Å². The molecule has 0 aliphatic rings. The molecule has 0 fully saturated rings. The summed E-state index contributed by atoms with van der Waals surface area (Å²) in [6.45, 7) is 3.46. The summed E-state index contributed by atoms with van der Waals surface area (Å²) in [5.41, 5.74) is 1.38. The van der Waals surface area contributed by atoms with Gasteiger partial charge in [0.2, 0.25) is 0 Å². The van der Waals surface area contributed by atoms with Crippen LogP contribution in [0.1, 0.15) is 25.3 Å². The third-order valence-electron chi connectivity index (χ3n) is 3.95. The van der Waals surface area contributed by atoms with E-state index < -0.39 is 17.8 Å². The number of nitriles is 1. The molecule has 2 aromatic rings. The highest BCUT2D eigenvalue weighted by molar-refractivity contribution is 7.99. The molecule has 1 amide bonds. The summed E-state index contributed by atoms with van der Waals surface area (Å²) in [4.78, 5) is 25.6. The van der Waals surface area contributed by atoms with E-state index in [1.807, 2.05) is 26.0 Å². The molecule has 0 saturated carbocycles. The topological polar surface area (TPSA) is 79.2 Å². The van der Waals surface area contributed by atoms with Gasteiger partial charge in [-0.05, 0) is 35.7 Å². The molecule has 5 nitrogen and oxygen atoms in total. The number of hydrogen-bond acceptors (Lipinski definition) is 5. The van der Waals surface area contributed by atoms with Crippen molar-refractivity contribution < 1.29 is 14.3 Å². The fraction of sp³-hybridized carbons (Fsp3) is 0.286.